The van der Waals surface area contributed by atoms with Crippen LogP contribution in [0.2, 0.25) is 0 Å². The van der Waals surface area contributed by atoms with Crippen LogP contribution in [0.4, 0.5) is 0 Å². The van der Waals surface area contributed by atoms with Crippen molar-refractivity contribution < 1.29 is 9.47 Å². The van der Waals surface area contributed by atoms with Crippen LogP contribution >= 0.6 is 11.3 Å². The maximum absolute atomic E-state index is 9.70. The first kappa shape index (κ1) is 20.4. The van der Waals surface area contributed by atoms with E-state index in [1.807, 2.05) is 90.3 Å². The zero-order valence-electron chi connectivity index (χ0n) is 17.0. The van der Waals surface area contributed by atoms with Crippen molar-refractivity contribution in [2.24, 2.45) is 0 Å². The molecule has 0 fully saturated rings. The second-order valence-electron chi connectivity index (χ2n) is 6.76. The molecule has 0 saturated carbocycles. The van der Waals surface area contributed by atoms with E-state index in [2.05, 4.69) is 11.1 Å². The molecule has 0 aliphatic rings. The number of hydrogen-bond donors (Lipinski definition) is 0. The smallest absolute Gasteiger partial charge is 0.161 e. The van der Waals surface area contributed by atoms with E-state index >= 15 is 0 Å². The van der Waals surface area contributed by atoms with E-state index in [4.69, 9.17) is 9.47 Å². The number of hydrogen-bond acceptors (Lipinski definition) is 5. The van der Waals surface area contributed by atoms with Crippen LogP contribution in [-0.2, 0) is 6.61 Å². The Labute approximate surface area is 185 Å². The van der Waals surface area contributed by atoms with Crippen LogP contribution in [0.25, 0.3) is 22.9 Å². The summed E-state index contributed by atoms with van der Waals surface area (Å²) in [5.41, 5.74) is 4.33. The van der Waals surface area contributed by atoms with Gasteiger partial charge in [-0.15, -0.1) is 11.3 Å². The second-order valence-corrected chi connectivity index (χ2v) is 7.62. The van der Waals surface area contributed by atoms with Crippen LogP contribution < -0.4 is 9.47 Å². The first-order chi connectivity index (χ1) is 15.3. The fourth-order valence-corrected chi connectivity index (χ4v) is 3.87. The standard InChI is InChI=1S/C26H20N2O2S/c1-29-25-15-20(12-13-24(25)30-17-19-8-4-2-5-9-19)14-22(16-27)26-28-23(18-31-26)21-10-6-3-7-11-21/h2-15,18H,17H2,1H3/b22-14+. The maximum atomic E-state index is 9.70. The van der Waals surface area contributed by atoms with E-state index in [9.17, 15) is 5.26 Å². The average molecular weight is 425 g/mol. The van der Waals surface area contributed by atoms with Crippen molar-refractivity contribution in [1.82, 2.24) is 4.98 Å². The molecule has 0 aliphatic carbocycles. The molecule has 4 aromatic rings. The Hall–Kier alpha value is -3.88. The summed E-state index contributed by atoms with van der Waals surface area (Å²) >= 11 is 1.46. The zero-order chi connectivity index (χ0) is 21.5. The van der Waals surface area contributed by atoms with Gasteiger partial charge < -0.3 is 9.47 Å². The molecule has 0 radical (unpaired) electrons. The molecule has 0 amide bonds. The number of thiazole rings is 1. The molecule has 3 aromatic carbocycles. The van der Waals surface area contributed by atoms with E-state index in [1.165, 1.54) is 11.3 Å². The van der Waals surface area contributed by atoms with Gasteiger partial charge in [0, 0.05) is 10.9 Å². The Morgan fingerprint density at radius 1 is 1.00 bits per heavy atom. The summed E-state index contributed by atoms with van der Waals surface area (Å²) in [5, 5.41) is 12.4. The molecular formula is C26H20N2O2S. The van der Waals surface area contributed by atoms with E-state index < -0.39 is 0 Å². The number of aromatic nitrogens is 1. The van der Waals surface area contributed by atoms with Crippen LogP contribution in [0.5, 0.6) is 11.5 Å². The minimum absolute atomic E-state index is 0.456. The van der Waals surface area contributed by atoms with Crippen molar-refractivity contribution in [3.8, 4) is 28.8 Å². The summed E-state index contributed by atoms with van der Waals surface area (Å²) < 4.78 is 11.4. The Balaban J connectivity index is 1.55. The third-order valence-corrected chi connectivity index (χ3v) is 5.54. The molecule has 4 nitrogen and oxygen atoms in total. The summed E-state index contributed by atoms with van der Waals surface area (Å²) in [6, 6.07) is 27.8. The first-order valence-corrected chi connectivity index (χ1v) is 10.6. The van der Waals surface area contributed by atoms with E-state index in [1.54, 1.807) is 7.11 Å². The third kappa shape index (κ3) is 5.00. The molecule has 0 saturated heterocycles. The molecule has 0 spiro atoms. The molecule has 0 bridgehead atoms. The topological polar surface area (TPSA) is 55.1 Å². The van der Waals surface area contributed by atoms with Crippen molar-refractivity contribution in [3.05, 3.63) is 100 Å². The fourth-order valence-electron chi connectivity index (χ4n) is 3.08. The lowest BCUT2D eigenvalue weighted by Gasteiger charge is -2.11. The molecule has 1 heterocycles. The average Bonchev–Trinajstić information content (AvgIpc) is 3.33. The van der Waals surface area contributed by atoms with Crippen LogP contribution in [0, 0.1) is 11.3 Å². The summed E-state index contributed by atoms with van der Waals surface area (Å²) in [5.74, 6) is 1.27. The molecule has 0 unspecified atom stereocenters. The quantitative estimate of drug-likeness (QED) is 0.319. The molecule has 31 heavy (non-hydrogen) atoms. The minimum atomic E-state index is 0.456. The van der Waals surface area contributed by atoms with Gasteiger partial charge in [-0.25, -0.2) is 4.98 Å². The fraction of sp³-hybridized carbons (Fsp3) is 0.0769. The SMILES string of the molecule is COc1cc(/C=C(\C#N)c2nc(-c3ccccc3)cs2)ccc1OCc1ccccc1. The Morgan fingerprint density at radius 3 is 2.45 bits per heavy atom. The third-order valence-electron chi connectivity index (χ3n) is 4.66. The number of allylic oxidation sites excluding steroid dienone is 1. The van der Waals surface area contributed by atoms with Crippen LogP contribution in [0.3, 0.4) is 0 Å². The monoisotopic (exact) mass is 424 g/mol. The summed E-state index contributed by atoms with van der Waals surface area (Å²) in [6.45, 7) is 0.456. The lowest BCUT2D eigenvalue weighted by atomic mass is 10.1. The predicted molar refractivity (Wildman–Crippen MR) is 125 cm³/mol. The van der Waals surface area contributed by atoms with Gasteiger partial charge in [0.1, 0.15) is 17.7 Å². The van der Waals surface area contributed by atoms with Crippen molar-refractivity contribution in [1.29, 1.82) is 5.26 Å². The lowest BCUT2D eigenvalue weighted by Crippen LogP contribution is -1.97. The van der Waals surface area contributed by atoms with E-state index in [0.717, 1.165) is 22.4 Å². The summed E-state index contributed by atoms with van der Waals surface area (Å²) in [6.07, 6.45) is 1.82. The summed E-state index contributed by atoms with van der Waals surface area (Å²) in [4.78, 5) is 4.64. The highest BCUT2D eigenvalue weighted by atomic mass is 32.1. The van der Waals surface area contributed by atoms with Crippen molar-refractivity contribution >= 4 is 23.0 Å². The Bertz CT molecular complexity index is 1230. The maximum Gasteiger partial charge on any atom is 0.161 e. The van der Waals surface area contributed by atoms with Gasteiger partial charge in [-0.05, 0) is 29.3 Å². The molecule has 152 valence electrons. The molecule has 0 atom stereocenters. The van der Waals surface area contributed by atoms with Gasteiger partial charge in [-0.1, -0.05) is 66.7 Å². The van der Waals surface area contributed by atoms with Crippen molar-refractivity contribution in [2.45, 2.75) is 6.61 Å². The van der Waals surface area contributed by atoms with Gasteiger partial charge in [0.05, 0.1) is 18.4 Å². The van der Waals surface area contributed by atoms with Gasteiger partial charge in [-0.3, -0.25) is 0 Å². The molecule has 0 aliphatic heterocycles. The highest BCUT2D eigenvalue weighted by Gasteiger charge is 2.11. The summed E-state index contributed by atoms with van der Waals surface area (Å²) in [7, 11) is 1.61. The highest BCUT2D eigenvalue weighted by molar-refractivity contribution is 7.11. The molecule has 0 N–H and O–H groups in total. The van der Waals surface area contributed by atoms with Gasteiger partial charge in [0.2, 0.25) is 0 Å². The normalized spacial score (nSPS) is 11.0. The van der Waals surface area contributed by atoms with Crippen LogP contribution in [0.1, 0.15) is 16.1 Å². The van der Waals surface area contributed by atoms with Gasteiger partial charge in [0.25, 0.3) is 0 Å². The number of methoxy groups -OCH3 is 1. The van der Waals surface area contributed by atoms with Crippen LogP contribution in [0.15, 0.2) is 84.2 Å². The minimum Gasteiger partial charge on any atom is -0.493 e. The number of rotatable bonds is 7. The highest BCUT2D eigenvalue weighted by Crippen LogP contribution is 2.32. The molecule has 1 aromatic heterocycles. The molecule has 5 heteroatoms. The molecular weight excluding hydrogens is 404 g/mol. The number of nitriles is 1. The zero-order valence-corrected chi connectivity index (χ0v) is 17.8. The van der Waals surface area contributed by atoms with Gasteiger partial charge >= 0.3 is 0 Å². The molecule has 4 rings (SSSR count). The van der Waals surface area contributed by atoms with E-state index in [-0.39, 0.29) is 0 Å². The van der Waals surface area contributed by atoms with Crippen LogP contribution in [-0.4, -0.2) is 12.1 Å². The first-order valence-electron chi connectivity index (χ1n) is 9.74. The van der Waals surface area contributed by atoms with E-state index in [0.29, 0.717) is 28.7 Å². The Kier molecular flexibility index (Phi) is 6.41. The lowest BCUT2D eigenvalue weighted by molar-refractivity contribution is 0.284. The second kappa shape index (κ2) is 9.75. The van der Waals surface area contributed by atoms with Gasteiger partial charge in [-0.2, -0.15) is 5.26 Å². The Morgan fingerprint density at radius 2 is 1.74 bits per heavy atom. The van der Waals surface area contributed by atoms with Crippen molar-refractivity contribution in [2.75, 3.05) is 7.11 Å². The predicted octanol–water partition coefficient (Wildman–Crippen LogP) is 6.46. The van der Waals surface area contributed by atoms with Gasteiger partial charge in [0.15, 0.2) is 11.5 Å². The van der Waals surface area contributed by atoms with Crippen molar-refractivity contribution in [3.63, 3.8) is 0 Å². The number of ether oxygens (including phenoxy) is 2. The largest absolute Gasteiger partial charge is 0.493 e. The number of benzene rings is 3. The number of nitrogens with zero attached hydrogens (tertiary/aromatic N) is 2.